The molecule has 0 saturated carbocycles. The zero-order valence-electron chi connectivity index (χ0n) is 21.7. The van der Waals surface area contributed by atoms with Crippen LogP contribution in [0.1, 0.15) is 37.0 Å². The molecule has 1 saturated heterocycles. The Morgan fingerprint density at radius 2 is 2.08 bits per heavy atom. The van der Waals surface area contributed by atoms with E-state index in [1.165, 1.54) is 7.11 Å². The second-order valence-corrected chi connectivity index (χ2v) is 9.38. The van der Waals surface area contributed by atoms with Gasteiger partial charge in [0.15, 0.2) is 0 Å². The Kier molecular flexibility index (Phi) is 8.32. The number of anilines is 1. The third-order valence-corrected chi connectivity index (χ3v) is 6.80. The number of likely N-dealkylation sites (tertiary alicyclic amines) is 1. The highest BCUT2D eigenvalue weighted by Gasteiger charge is 2.26. The molecule has 9 heteroatoms. The van der Waals surface area contributed by atoms with E-state index in [4.69, 9.17) is 9.72 Å². The van der Waals surface area contributed by atoms with Crippen molar-refractivity contribution in [3.05, 3.63) is 42.2 Å². The molecule has 36 heavy (non-hydrogen) atoms. The van der Waals surface area contributed by atoms with Crippen molar-refractivity contribution in [2.24, 2.45) is 5.92 Å². The minimum atomic E-state index is -0.284. The Bertz CT molecular complexity index is 1210. The number of fused-ring (bicyclic) bond motifs is 1. The molecule has 1 aliphatic rings. The van der Waals surface area contributed by atoms with E-state index in [2.05, 4.69) is 22.1 Å². The lowest BCUT2D eigenvalue weighted by atomic mass is 9.97. The summed E-state index contributed by atoms with van der Waals surface area (Å²) >= 11 is 0. The van der Waals surface area contributed by atoms with E-state index in [-0.39, 0.29) is 18.4 Å². The smallest absolute Gasteiger partial charge is 0.255 e. The molecule has 0 unspecified atom stereocenters. The second kappa shape index (κ2) is 11.6. The van der Waals surface area contributed by atoms with Crippen molar-refractivity contribution in [2.45, 2.75) is 33.2 Å². The molecule has 0 aliphatic carbocycles. The number of pyridine rings is 1. The van der Waals surface area contributed by atoms with Gasteiger partial charge in [-0.15, -0.1) is 0 Å². The first-order chi connectivity index (χ1) is 17.4. The van der Waals surface area contributed by atoms with Crippen molar-refractivity contribution in [2.75, 3.05) is 52.3 Å². The summed E-state index contributed by atoms with van der Waals surface area (Å²) in [5.41, 5.74) is 3.33. The molecule has 3 heterocycles. The number of benzene rings is 1. The van der Waals surface area contributed by atoms with Gasteiger partial charge in [-0.1, -0.05) is 6.92 Å². The molecule has 3 aromatic rings. The molecule has 1 atom stereocenters. The lowest BCUT2D eigenvalue weighted by Gasteiger charge is -2.34. The Morgan fingerprint density at radius 3 is 2.78 bits per heavy atom. The van der Waals surface area contributed by atoms with Crippen LogP contribution in [0.25, 0.3) is 22.4 Å². The van der Waals surface area contributed by atoms with Crippen molar-refractivity contribution in [1.29, 1.82) is 0 Å². The van der Waals surface area contributed by atoms with Crippen LogP contribution >= 0.6 is 0 Å². The second-order valence-electron chi connectivity index (χ2n) is 9.38. The molecule has 192 valence electrons. The van der Waals surface area contributed by atoms with E-state index in [1.54, 1.807) is 18.5 Å². The lowest BCUT2D eigenvalue weighted by molar-refractivity contribution is -0.119. The van der Waals surface area contributed by atoms with Gasteiger partial charge in [-0.3, -0.25) is 14.6 Å². The maximum Gasteiger partial charge on any atom is 0.255 e. The van der Waals surface area contributed by atoms with Gasteiger partial charge in [-0.2, -0.15) is 0 Å². The fourth-order valence-corrected chi connectivity index (χ4v) is 5.12. The van der Waals surface area contributed by atoms with Crippen LogP contribution in [-0.2, 0) is 16.1 Å². The summed E-state index contributed by atoms with van der Waals surface area (Å²) in [4.78, 5) is 39.5. The van der Waals surface area contributed by atoms with Gasteiger partial charge in [0.2, 0.25) is 5.91 Å². The van der Waals surface area contributed by atoms with Gasteiger partial charge in [-0.25, -0.2) is 4.98 Å². The predicted octanol–water partition coefficient (Wildman–Crippen LogP) is 3.51. The van der Waals surface area contributed by atoms with Crippen LogP contribution in [0.5, 0.6) is 0 Å². The number of imidazole rings is 1. The first-order valence-electron chi connectivity index (χ1n) is 12.7. The van der Waals surface area contributed by atoms with Gasteiger partial charge in [0.05, 0.1) is 16.6 Å². The summed E-state index contributed by atoms with van der Waals surface area (Å²) in [6.07, 6.45) is 5.77. The summed E-state index contributed by atoms with van der Waals surface area (Å²) < 4.78 is 7.01. The van der Waals surface area contributed by atoms with Gasteiger partial charge in [0.1, 0.15) is 12.4 Å². The van der Waals surface area contributed by atoms with E-state index in [0.717, 1.165) is 49.4 Å². The predicted molar refractivity (Wildman–Crippen MR) is 141 cm³/mol. The molecule has 0 bridgehead atoms. The number of hydrogen-bond donors (Lipinski definition) is 1. The quantitative estimate of drug-likeness (QED) is 0.492. The summed E-state index contributed by atoms with van der Waals surface area (Å²) in [5.74, 6) is 0.815. The summed E-state index contributed by atoms with van der Waals surface area (Å²) in [5, 5.41) is 2.85. The summed E-state index contributed by atoms with van der Waals surface area (Å²) in [6.45, 7) is 8.64. The zero-order valence-corrected chi connectivity index (χ0v) is 21.7. The highest BCUT2D eigenvalue weighted by Crippen LogP contribution is 2.31. The van der Waals surface area contributed by atoms with Crippen LogP contribution in [0.2, 0.25) is 0 Å². The maximum absolute atomic E-state index is 13.9. The fourth-order valence-electron chi connectivity index (χ4n) is 5.12. The molecule has 2 aromatic heterocycles. The first-order valence-corrected chi connectivity index (χ1v) is 12.7. The standard InChI is InChI=1S/C27H36N6O3/c1-5-32-12-8-9-19(17-32)16-31(3)27(35)22-13-21(29-24(34)18-36-4)14-23-25(22)33(6-2)26(30-23)20-10-7-11-28-15-20/h7,10-11,13-15,19H,5-6,8-9,12,16-18H2,1-4H3,(H,29,34)/t19-/m0/s1. The number of methoxy groups -OCH3 is 1. The van der Waals surface area contributed by atoms with Crippen LogP contribution in [-0.4, -0.2) is 83.1 Å². The molecule has 1 aliphatic heterocycles. The van der Waals surface area contributed by atoms with Crippen LogP contribution in [0.3, 0.4) is 0 Å². The minimum absolute atomic E-state index is 0.0683. The third-order valence-electron chi connectivity index (χ3n) is 6.80. The molecular weight excluding hydrogens is 456 g/mol. The summed E-state index contributed by atoms with van der Waals surface area (Å²) in [6, 6.07) is 7.40. The number of piperidine rings is 1. The number of carbonyl (C=O) groups excluding carboxylic acids is 2. The molecule has 4 rings (SSSR count). The largest absolute Gasteiger partial charge is 0.375 e. The molecule has 2 amide bonds. The fraction of sp³-hybridized carbons (Fsp3) is 0.481. The number of rotatable bonds is 9. The van der Waals surface area contributed by atoms with Crippen molar-refractivity contribution < 1.29 is 14.3 Å². The number of nitrogens with one attached hydrogen (secondary N) is 1. The Labute approximate surface area is 212 Å². The van der Waals surface area contributed by atoms with Gasteiger partial charge in [-0.05, 0) is 63.0 Å². The number of nitrogens with zero attached hydrogens (tertiary/aromatic N) is 5. The average molecular weight is 493 g/mol. The Hall–Kier alpha value is -3.30. The zero-order chi connectivity index (χ0) is 25.7. The van der Waals surface area contributed by atoms with Crippen LogP contribution < -0.4 is 5.32 Å². The van der Waals surface area contributed by atoms with Gasteiger partial charge < -0.3 is 24.4 Å². The minimum Gasteiger partial charge on any atom is -0.375 e. The van der Waals surface area contributed by atoms with E-state index in [1.807, 2.05) is 41.6 Å². The molecule has 1 fully saturated rings. The van der Waals surface area contributed by atoms with E-state index < -0.39 is 0 Å². The topological polar surface area (TPSA) is 92.6 Å². The number of ether oxygens (including phenoxy) is 1. The molecule has 0 spiro atoms. The van der Waals surface area contributed by atoms with E-state index in [9.17, 15) is 9.59 Å². The van der Waals surface area contributed by atoms with Crippen LogP contribution in [0, 0.1) is 5.92 Å². The first kappa shape index (κ1) is 25.8. The van der Waals surface area contributed by atoms with Crippen LogP contribution in [0.4, 0.5) is 5.69 Å². The van der Waals surface area contributed by atoms with Crippen molar-refractivity contribution in [1.82, 2.24) is 24.3 Å². The van der Waals surface area contributed by atoms with Gasteiger partial charge >= 0.3 is 0 Å². The van der Waals surface area contributed by atoms with E-state index in [0.29, 0.717) is 35.8 Å². The van der Waals surface area contributed by atoms with Crippen molar-refractivity contribution >= 4 is 28.5 Å². The third kappa shape index (κ3) is 5.57. The highest BCUT2D eigenvalue weighted by molar-refractivity contribution is 6.08. The molecule has 1 N–H and O–H groups in total. The molecule has 1 aromatic carbocycles. The van der Waals surface area contributed by atoms with Crippen LogP contribution in [0.15, 0.2) is 36.7 Å². The number of hydrogen-bond acceptors (Lipinski definition) is 6. The van der Waals surface area contributed by atoms with Gasteiger partial charge in [0.25, 0.3) is 5.91 Å². The van der Waals surface area contributed by atoms with E-state index >= 15 is 0 Å². The Morgan fingerprint density at radius 1 is 1.25 bits per heavy atom. The van der Waals surface area contributed by atoms with Crippen molar-refractivity contribution in [3.63, 3.8) is 0 Å². The Balaban J connectivity index is 1.74. The number of aromatic nitrogens is 3. The monoisotopic (exact) mass is 492 g/mol. The molecule has 9 nitrogen and oxygen atoms in total. The average Bonchev–Trinajstić information content (AvgIpc) is 3.27. The van der Waals surface area contributed by atoms with Crippen molar-refractivity contribution in [3.8, 4) is 11.4 Å². The number of amides is 2. The van der Waals surface area contributed by atoms with Gasteiger partial charge in [0, 0.05) is 57.4 Å². The molecular formula is C27H36N6O3. The SMILES string of the molecule is CCN1CCC[C@@H](CN(C)C(=O)c2cc(NC(=O)COC)cc3nc(-c4cccnc4)n(CC)c23)C1. The maximum atomic E-state index is 13.9. The number of carbonyl (C=O) groups is 2. The molecule has 0 radical (unpaired) electrons. The normalized spacial score (nSPS) is 16.3. The lowest BCUT2D eigenvalue weighted by Crippen LogP contribution is -2.41. The number of aryl methyl sites for hydroxylation is 1. The highest BCUT2D eigenvalue weighted by atomic mass is 16.5. The summed E-state index contributed by atoms with van der Waals surface area (Å²) in [7, 11) is 3.34.